The SMILES string of the molecule is O=C(C[NH+]1CCNC(=O)C1)NCCOc1ccc(Cl)cc1. The fraction of sp³-hybridized carbons (Fsp3) is 0.429. The van der Waals surface area contributed by atoms with Gasteiger partial charge in [-0.15, -0.1) is 0 Å². The lowest BCUT2D eigenvalue weighted by atomic mass is 10.3. The van der Waals surface area contributed by atoms with Gasteiger partial charge in [-0.25, -0.2) is 0 Å². The van der Waals surface area contributed by atoms with E-state index >= 15 is 0 Å². The van der Waals surface area contributed by atoms with Crippen molar-refractivity contribution in [1.29, 1.82) is 0 Å². The summed E-state index contributed by atoms with van der Waals surface area (Å²) in [6.07, 6.45) is 0. The second-order valence-electron chi connectivity index (χ2n) is 4.86. The van der Waals surface area contributed by atoms with E-state index in [0.717, 1.165) is 11.4 Å². The van der Waals surface area contributed by atoms with E-state index in [1.807, 2.05) is 0 Å². The van der Waals surface area contributed by atoms with Crippen molar-refractivity contribution in [1.82, 2.24) is 10.6 Å². The highest BCUT2D eigenvalue weighted by atomic mass is 35.5. The van der Waals surface area contributed by atoms with Gasteiger partial charge in [-0.05, 0) is 24.3 Å². The molecule has 0 aromatic heterocycles. The molecular formula is C14H19ClN3O3+. The smallest absolute Gasteiger partial charge is 0.275 e. The maximum Gasteiger partial charge on any atom is 0.275 e. The van der Waals surface area contributed by atoms with Crippen LogP contribution < -0.4 is 20.3 Å². The molecule has 21 heavy (non-hydrogen) atoms. The van der Waals surface area contributed by atoms with E-state index in [2.05, 4.69) is 10.6 Å². The predicted octanol–water partition coefficient (Wildman–Crippen LogP) is -1.15. The van der Waals surface area contributed by atoms with Gasteiger partial charge in [-0.1, -0.05) is 11.6 Å². The summed E-state index contributed by atoms with van der Waals surface area (Å²) in [5, 5.41) is 6.18. The summed E-state index contributed by atoms with van der Waals surface area (Å²) in [4.78, 5) is 23.9. The Morgan fingerprint density at radius 1 is 1.38 bits per heavy atom. The molecule has 0 saturated carbocycles. The highest BCUT2D eigenvalue weighted by Crippen LogP contribution is 2.14. The van der Waals surface area contributed by atoms with E-state index < -0.39 is 0 Å². The van der Waals surface area contributed by atoms with E-state index in [0.29, 0.717) is 43.6 Å². The van der Waals surface area contributed by atoms with Crippen LogP contribution in [0.3, 0.4) is 0 Å². The number of nitrogens with one attached hydrogen (secondary N) is 3. The molecule has 0 bridgehead atoms. The summed E-state index contributed by atoms with van der Waals surface area (Å²) >= 11 is 5.77. The van der Waals surface area contributed by atoms with Gasteiger partial charge in [0.15, 0.2) is 13.1 Å². The van der Waals surface area contributed by atoms with E-state index in [4.69, 9.17) is 16.3 Å². The molecule has 114 valence electrons. The predicted molar refractivity (Wildman–Crippen MR) is 78.5 cm³/mol. The number of hydrogen-bond donors (Lipinski definition) is 3. The van der Waals surface area contributed by atoms with Crippen LogP contribution in [0, 0.1) is 0 Å². The fourth-order valence-corrected chi connectivity index (χ4v) is 2.21. The van der Waals surface area contributed by atoms with Crippen molar-refractivity contribution in [3.63, 3.8) is 0 Å². The number of carbonyl (C=O) groups is 2. The normalized spacial score (nSPS) is 18.0. The minimum Gasteiger partial charge on any atom is -0.492 e. The lowest BCUT2D eigenvalue weighted by molar-refractivity contribution is -0.885. The summed E-state index contributed by atoms with van der Waals surface area (Å²) < 4.78 is 5.47. The van der Waals surface area contributed by atoms with Gasteiger partial charge in [0.25, 0.3) is 11.8 Å². The number of ether oxygens (including phenoxy) is 1. The molecule has 1 atom stereocenters. The Kier molecular flexibility index (Phi) is 5.83. The monoisotopic (exact) mass is 312 g/mol. The Hall–Kier alpha value is -1.79. The molecule has 7 heteroatoms. The van der Waals surface area contributed by atoms with Crippen LogP contribution in [0.25, 0.3) is 0 Å². The van der Waals surface area contributed by atoms with Crippen molar-refractivity contribution in [2.24, 2.45) is 0 Å². The van der Waals surface area contributed by atoms with Crippen LogP contribution in [0.4, 0.5) is 0 Å². The van der Waals surface area contributed by atoms with Crippen LogP contribution in [0.5, 0.6) is 5.75 Å². The topological polar surface area (TPSA) is 71.9 Å². The minimum absolute atomic E-state index is 0.00452. The molecule has 1 aliphatic rings. The minimum atomic E-state index is -0.0700. The van der Waals surface area contributed by atoms with Crippen LogP contribution in [-0.2, 0) is 9.59 Å². The first kappa shape index (κ1) is 15.6. The first-order valence-electron chi connectivity index (χ1n) is 6.89. The number of piperazine rings is 1. The van der Waals surface area contributed by atoms with Gasteiger partial charge >= 0.3 is 0 Å². The summed E-state index contributed by atoms with van der Waals surface area (Å²) in [6, 6.07) is 7.06. The molecule has 1 aromatic carbocycles. The molecule has 1 aromatic rings. The lowest BCUT2D eigenvalue weighted by Crippen LogP contribution is -3.16. The van der Waals surface area contributed by atoms with Crippen LogP contribution in [0.2, 0.25) is 5.02 Å². The Morgan fingerprint density at radius 2 is 2.14 bits per heavy atom. The van der Waals surface area contributed by atoms with Crippen LogP contribution >= 0.6 is 11.6 Å². The quantitative estimate of drug-likeness (QED) is 0.581. The Labute approximate surface area is 128 Å². The number of halogens is 1. The molecule has 1 aliphatic heterocycles. The molecule has 1 unspecified atom stereocenters. The van der Waals surface area contributed by atoms with E-state index in [9.17, 15) is 9.59 Å². The Morgan fingerprint density at radius 3 is 2.86 bits per heavy atom. The number of carbonyl (C=O) groups excluding carboxylic acids is 2. The molecule has 0 spiro atoms. The van der Waals surface area contributed by atoms with Crippen molar-refractivity contribution in [3.05, 3.63) is 29.3 Å². The van der Waals surface area contributed by atoms with Crippen molar-refractivity contribution in [3.8, 4) is 5.75 Å². The van der Waals surface area contributed by atoms with Gasteiger partial charge < -0.3 is 20.3 Å². The van der Waals surface area contributed by atoms with E-state index in [1.165, 1.54) is 0 Å². The average molecular weight is 313 g/mol. The van der Waals surface area contributed by atoms with Crippen molar-refractivity contribution in [2.45, 2.75) is 0 Å². The van der Waals surface area contributed by atoms with Crippen LogP contribution in [0.15, 0.2) is 24.3 Å². The highest BCUT2D eigenvalue weighted by Gasteiger charge is 2.21. The molecule has 1 saturated heterocycles. The van der Waals surface area contributed by atoms with Crippen molar-refractivity contribution >= 4 is 23.4 Å². The molecule has 2 rings (SSSR count). The van der Waals surface area contributed by atoms with Gasteiger partial charge in [-0.3, -0.25) is 9.59 Å². The lowest BCUT2D eigenvalue weighted by Gasteiger charge is -2.22. The van der Waals surface area contributed by atoms with Gasteiger partial charge in [0.05, 0.1) is 19.6 Å². The summed E-state index contributed by atoms with van der Waals surface area (Å²) in [5.41, 5.74) is 0. The van der Waals surface area contributed by atoms with Crippen LogP contribution in [0.1, 0.15) is 0 Å². The van der Waals surface area contributed by atoms with E-state index in [-0.39, 0.29) is 11.8 Å². The molecule has 1 fully saturated rings. The zero-order chi connectivity index (χ0) is 15.1. The molecule has 3 N–H and O–H groups in total. The second-order valence-corrected chi connectivity index (χ2v) is 5.29. The zero-order valence-corrected chi connectivity index (χ0v) is 12.4. The number of rotatable bonds is 6. The van der Waals surface area contributed by atoms with Gasteiger partial charge in [0.2, 0.25) is 0 Å². The molecular weight excluding hydrogens is 294 g/mol. The largest absolute Gasteiger partial charge is 0.492 e. The first-order valence-corrected chi connectivity index (χ1v) is 7.26. The number of amides is 2. The maximum atomic E-state index is 11.7. The highest BCUT2D eigenvalue weighted by molar-refractivity contribution is 6.30. The third-order valence-corrected chi connectivity index (χ3v) is 3.38. The standard InChI is InChI=1S/C14H18ClN3O3/c15-11-1-3-12(4-2-11)21-8-6-17-14(20)10-18-7-5-16-13(19)9-18/h1-4H,5-10H2,(H,16,19)(H,17,20)/p+1. The van der Waals surface area contributed by atoms with Crippen LogP contribution in [-0.4, -0.2) is 51.1 Å². The zero-order valence-electron chi connectivity index (χ0n) is 11.7. The maximum absolute atomic E-state index is 11.7. The Balaban J connectivity index is 1.60. The number of benzene rings is 1. The molecule has 0 aliphatic carbocycles. The summed E-state index contributed by atoms with van der Waals surface area (Å²) in [7, 11) is 0. The fourth-order valence-electron chi connectivity index (χ4n) is 2.09. The number of quaternary nitrogens is 1. The summed E-state index contributed by atoms with van der Waals surface area (Å²) in [6.45, 7) is 2.90. The van der Waals surface area contributed by atoms with Crippen molar-refractivity contribution in [2.75, 3.05) is 39.3 Å². The van der Waals surface area contributed by atoms with Gasteiger partial charge in [-0.2, -0.15) is 0 Å². The van der Waals surface area contributed by atoms with Crippen molar-refractivity contribution < 1.29 is 19.2 Å². The number of hydrogen-bond acceptors (Lipinski definition) is 3. The first-order chi connectivity index (χ1) is 10.1. The summed E-state index contributed by atoms with van der Waals surface area (Å²) in [5.74, 6) is 0.640. The third kappa shape index (κ3) is 5.61. The van der Waals surface area contributed by atoms with Gasteiger partial charge in [0, 0.05) is 5.02 Å². The molecule has 2 amide bonds. The van der Waals surface area contributed by atoms with E-state index in [1.54, 1.807) is 24.3 Å². The average Bonchev–Trinajstić information content (AvgIpc) is 2.45. The third-order valence-electron chi connectivity index (χ3n) is 3.13. The van der Waals surface area contributed by atoms with Gasteiger partial charge in [0.1, 0.15) is 12.4 Å². The molecule has 1 heterocycles. The molecule has 6 nitrogen and oxygen atoms in total. The molecule has 0 radical (unpaired) electrons. The second kappa shape index (κ2) is 7.85. The Bertz CT molecular complexity index is 493.